The maximum Gasteiger partial charge on any atom is 0.0311 e. The maximum atomic E-state index is 3.76. The van der Waals surface area contributed by atoms with E-state index in [1.54, 1.807) is 0 Å². The Morgan fingerprint density at radius 1 is 1.32 bits per heavy atom. The van der Waals surface area contributed by atoms with Crippen molar-refractivity contribution in [2.24, 2.45) is 0 Å². The summed E-state index contributed by atoms with van der Waals surface area (Å²) in [6, 6.07) is 9.03. The van der Waals surface area contributed by atoms with Gasteiger partial charge in [-0.3, -0.25) is 0 Å². The minimum atomic E-state index is 0.598. The Hall–Kier alpha value is -0.250. The van der Waals surface area contributed by atoms with Crippen LogP contribution in [0.25, 0.3) is 0 Å². The fourth-order valence-corrected chi connectivity index (χ4v) is 3.64. The first-order chi connectivity index (χ1) is 9.27. The number of hydrogen-bond acceptors (Lipinski definition) is 2. The van der Waals surface area contributed by atoms with E-state index in [1.807, 2.05) is 17.8 Å². The van der Waals surface area contributed by atoms with Crippen LogP contribution in [0.15, 0.2) is 46.3 Å². The Morgan fingerprint density at radius 2 is 2.11 bits per heavy atom. The third-order valence-corrected chi connectivity index (χ3v) is 5.34. The quantitative estimate of drug-likeness (QED) is 0.353. The monoisotopic (exact) mass is 341 g/mol. The summed E-state index contributed by atoms with van der Waals surface area (Å²) in [5.74, 6) is 1.13. The van der Waals surface area contributed by atoms with Gasteiger partial charge in [-0.05, 0) is 54.4 Å². The van der Waals surface area contributed by atoms with E-state index in [0.29, 0.717) is 6.04 Å². The standard InChI is InChI=1S/C16H24BrNS/c1-3-4-5-6-7-10-14(18-2)13-19-16-12-9-8-11-15(16)17/h3,8-9,11-12,14,18H,1,4-7,10,13H2,2H3. The predicted molar refractivity (Wildman–Crippen MR) is 91.0 cm³/mol. The smallest absolute Gasteiger partial charge is 0.0311 e. The van der Waals surface area contributed by atoms with Crippen LogP contribution in [0.2, 0.25) is 0 Å². The molecule has 1 aromatic carbocycles. The second-order valence-electron chi connectivity index (χ2n) is 4.65. The Morgan fingerprint density at radius 3 is 2.79 bits per heavy atom. The number of nitrogens with one attached hydrogen (secondary N) is 1. The number of thioether (sulfide) groups is 1. The molecule has 0 aromatic heterocycles. The fraction of sp³-hybridized carbons (Fsp3) is 0.500. The summed E-state index contributed by atoms with van der Waals surface area (Å²) in [4.78, 5) is 1.33. The summed E-state index contributed by atoms with van der Waals surface area (Å²) in [7, 11) is 2.06. The highest BCUT2D eigenvalue weighted by atomic mass is 79.9. The van der Waals surface area contributed by atoms with Gasteiger partial charge in [-0.15, -0.1) is 18.3 Å². The van der Waals surface area contributed by atoms with Gasteiger partial charge in [0.05, 0.1) is 0 Å². The molecule has 0 spiro atoms. The summed E-state index contributed by atoms with van der Waals surface area (Å²) in [6.45, 7) is 3.76. The van der Waals surface area contributed by atoms with Crippen molar-refractivity contribution < 1.29 is 0 Å². The predicted octanol–water partition coefficient (Wildman–Crippen LogP) is 5.27. The second kappa shape index (κ2) is 10.5. The molecule has 0 saturated heterocycles. The zero-order valence-electron chi connectivity index (χ0n) is 11.7. The van der Waals surface area contributed by atoms with E-state index < -0.39 is 0 Å². The molecule has 1 rings (SSSR count). The van der Waals surface area contributed by atoms with Crippen LogP contribution >= 0.6 is 27.7 Å². The van der Waals surface area contributed by atoms with Crippen molar-refractivity contribution >= 4 is 27.7 Å². The Balaban J connectivity index is 2.25. The maximum absolute atomic E-state index is 3.76. The highest BCUT2D eigenvalue weighted by Crippen LogP contribution is 2.28. The van der Waals surface area contributed by atoms with Crippen molar-refractivity contribution in [3.63, 3.8) is 0 Å². The number of rotatable bonds is 10. The molecule has 0 aliphatic carbocycles. The first-order valence-corrected chi connectivity index (χ1v) is 8.71. The van der Waals surface area contributed by atoms with Crippen molar-refractivity contribution in [3.8, 4) is 0 Å². The third kappa shape index (κ3) is 7.19. The van der Waals surface area contributed by atoms with E-state index in [9.17, 15) is 0 Å². The summed E-state index contributed by atoms with van der Waals surface area (Å²) in [5.41, 5.74) is 0. The molecule has 1 unspecified atom stereocenters. The minimum Gasteiger partial charge on any atom is -0.316 e. The van der Waals surface area contributed by atoms with Gasteiger partial charge in [0.2, 0.25) is 0 Å². The van der Waals surface area contributed by atoms with Gasteiger partial charge in [-0.2, -0.15) is 0 Å². The Kier molecular flexibility index (Phi) is 9.31. The number of unbranched alkanes of at least 4 members (excludes halogenated alkanes) is 3. The van der Waals surface area contributed by atoms with E-state index in [2.05, 4.69) is 59.1 Å². The van der Waals surface area contributed by atoms with Gasteiger partial charge < -0.3 is 5.32 Å². The van der Waals surface area contributed by atoms with Crippen LogP contribution in [0, 0.1) is 0 Å². The van der Waals surface area contributed by atoms with Crippen molar-refractivity contribution in [1.29, 1.82) is 0 Å². The number of hydrogen-bond donors (Lipinski definition) is 1. The average Bonchev–Trinajstić information content (AvgIpc) is 2.43. The average molecular weight is 342 g/mol. The van der Waals surface area contributed by atoms with Crippen molar-refractivity contribution in [1.82, 2.24) is 5.32 Å². The van der Waals surface area contributed by atoms with E-state index in [0.717, 1.165) is 12.2 Å². The summed E-state index contributed by atoms with van der Waals surface area (Å²) < 4.78 is 1.20. The molecule has 0 saturated carbocycles. The van der Waals surface area contributed by atoms with Gasteiger partial charge in [0, 0.05) is 21.2 Å². The third-order valence-electron chi connectivity index (χ3n) is 3.15. The lowest BCUT2D eigenvalue weighted by atomic mass is 10.1. The SMILES string of the molecule is C=CCCCCCC(CSc1ccccc1Br)NC. The Bertz CT molecular complexity index is 368. The number of allylic oxidation sites excluding steroid dienone is 1. The molecular weight excluding hydrogens is 318 g/mol. The van der Waals surface area contributed by atoms with Crippen LogP contribution in [0.1, 0.15) is 32.1 Å². The van der Waals surface area contributed by atoms with E-state index in [4.69, 9.17) is 0 Å². The van der Waals surface area contributed by atoms with Gasteiger partial charge in [-0.1, -0.05) is 31.1 Å². The molecule has 0 bridgehead atoms. The van der Waals surface area contributed by atoms with Crippen LogP contribution in [0.4, 0.5) is 0 Å². The van der Waals surface area contributed by atoms with E-state index in [1.165, 1.54) is 35.1 Å². The van der Waals surface area contributed by atoms with E-state index >= 15 is 0 Å². The molecule has 1 N–H and O–H groups in total. The molecule has 1 atom stereocenters. The highest BCUT2D eigenvalue weighted by Gasteiger charge is 2.07. The molecule has 19 heavy (non-hydrogen) atoms. The summed E-state index contributed by atoms with van der Waals surface area (Å²) in [6.07, 6.45) is 8.30. The molecule has 1 aromatic rings. The molecule has 0 radical (unpaired) electrons. The highest BCUT2D eigenvalue weighted by molar-refractivity contribution is 9.10. The van der Waals surface area contributed by atoms with Gasteiger partial charge in [0.25, 0.3) is 0 Å². The lowest BCUT2D eigenvalue weighted by Gasteiger charge is -2.16. The Labute approximate surface area is 130 Å². The van der Waals surface area contributed by atoms with Crippen LogP contribution < -0.4 is 5.32 Å². The second-order valence-corrected chi connectivity index (χ2v) is 6.57. The van der Waals surface area contributed by atoms with Crippen LogP contribution in [0.5, 0.6) is 0 Å². The molecule has 0 aliphatic rings. The lowest BCUT2D eigenvalue weighted by molar-refractivity contribution is 0.526. The summed E-state index contributed by atoms with van der Waals surface area (Å²) >= 11 is 5.52. The molecule has 106 valence electrons. The molecule has 0 heterocycles. The van der Waals surface area contributed by atoms with Gasteiger partial charge in [0.15, 0.2) is 0 Å². The minimum absolute atomic E-state index is 0.598. The zero-order valence-corrected chi connectivity index (χ0v) is 14.1. The van der Waals surface area contributed by atoms with Gasteiger partial charge >= 0.3 is 0 Å². The van der Waals surface area contributed by atoms with E-state index in [-0.39, 0.29) is 0 Å². The largest absolute Gasteiger partial charge is 0.316 e. The molecule has 3 heteroatoms. The fourth-order valence-electron chi connectivity index (χ4n) is 1.92. The lowest BCUT2D eigenvalue weighted by Crippen LogP contribution is -2.27. The molecule has 0 amide bonds. The van der Waals surface area contributed by atoms with Crippen molar-refractivity contribution in [2.45, 2.75) is 43.0 Å². The van der Waals surface area contributed by atoms with Crippen molar-refractivity contribution in [2.75, 3.05) is 12.8 Å². The molecule has 0 aliphatic heterocycles. The van der Waals surface area contributed by atoms with Gasteiger partial charge in [0.1, 0.15) is 0 Å². The molecule has 1 nitrogen and oxygen atoms in total. The normalized spacial score (nSPS) is 12.3. The van der Waals surface area contributed by atoms with Crippen LogP contribution in [-0.4, -0.2) is 18.8 Å². The van der Waals surface area contributed by atoms with Crippen LogP contribution in [-0.2, 0) is 0 Å². The topological polar surface area (TPSA) is 12.0 Å². The zero-order chi connectivity index (χ0) is 13.9. The summed E-state index contributed by atoms with van der Waals surface area (Å²) in [5, 5.41) is 3.43. The molecule has 0 fully saturated rings. The van der Waals surface area contributed by atoms with Crippen LogP contribution in [0.3, 0.4) is 0 Å². The number of halogens is 1. The molecular formula is C16H24BrNS. The van der Waals surface area contributed by atoms with Gasteiger partial charge in [-0.25, -0.2) is 0 Å². The number of benzene rings is 1. The first kappa shape index (κ1) is 16.8. The first-order valence-electron chi connectivity index (χ1n) is 6.93. The van der Waals surface area contributed by atoms with Crippen molar-refractivity contribution in [3.05, 3.63) is 41.4 Å².